The van der Waals surface area contributed by atoms with Gasteiger partial charge in [0, 0.05) is 22.0 Å². The first kappa shape index (κ1) is 14.8. The molecule has 0 unspecified atom stereocenters. The van der Waals surface area contributed by atoms with Gasteiger partial charge >= 0.3 is 6.18 Å². The summed E-state index contributed by atoms with van der Waals surface area (Å²) in [7, 11) is 0. The molecule has 0 aliphatic carbocycles. The first-order chi connectivity index (χ1) is 7.87. The molecule has 0 aliphatic rings. The summed E-state index contributed by atoms with van der Waals surface area (Å²) in [5, 5.41) is 0.532. The molecule has 0 radical (unpaired) electrons. The van der Waals surface area contributed by atoms with Crippen molar-refractivity contribution in [1.29, 1.82) is 0 Å². The number of nitrogens with zero attached hydrogens (tertiary/aromatic N) is 1. The lowest BCUT2D eigenvalue weighted by molar-refractivity contribution is -0.119. The summed E-state index contributed by atoms with van der Waals surface area (Å²) in [6.45, 7) is 1.10. The van der Waals surface area contributed by atoms with Crippen molar-refractivity contribution in [3.8, 4) is 0 Å². The summed E-state index contributed by atoms with van der Waals surface area (Å²) in [5.41, 5.74) is 1.45. The number of alkyl halides is 4. The minimum Gasteiger partial charge on any atom is -0.363 e. The molecule has 0 N–H and O–H groups in total. The van der Waals surface area contributed by atoms with Gasteiger partial charge in [-0.25, -0.2) is 0 Å². The molecule has 0 saturated heterocycles. The van der Waals surface area contributed by atoms with E-state index in [-0.39, 0.29) is 0 Å². The Morgan fingerprint density at radius 3 is 2.41 bits per heavy atom. The smallest absolute Gasteiger partial charge is 0.363 e. The summed E-state index contributed by atoms with van der Waals surface area (Å²) in [5.74, 6) is 0. The minimum atomic E-state index is -4.19. The zero-order chi connectivity index (χ0) is 13.1. The Balaban J connectivity index is 3.06. The average Bonchev–Trinajstić information content (AvgIpc) is 2.24. The average molecular weight is 375 g/mol. The first-order valence-corrected chi connectivity index (χ1v) is 6.95. The van der Waals surface area contributed by atoms with Crippen LogP contribution in [0.5, 0.6) is 0 Å². The highest BCUT2D eigenvalue weighted by molar-refractivity contribution is 9.10. The third-order valence-electron chi connectivity index (χ3n) is 2.28. The van der Waals surface area contributed by atoms with Gasteiger partial charge in [0.1, 0.15) is 6.54 Å². The molecular formula is C11H12Br2F3N. The minimum absolute atomic E-state index is 0.315. The number of rotatable bonds is 4. The SMILES string of the molecule is CCN(CC(F)(F)F)c1cc(Br)ccc1CBr. The van der Waals surface area contributed by atoms with Gasteiger partial charge in [-0.3, -0.25) is 0 Å². The zero-order valence-corrected chi connectivity index (χ0v) is 12.4. The van der Waals surface area contributed by atoms with Crippen LogP contribution in [0.3, 0.4) is 0 Å². The summed E-state index contributed by atoms with van der Waals surface area (Å²) in [6, 6.07) is 5.35. The standard InChI is InChI=1S/C11H12Br2F3N/c1-2-17(7-11(14,15)16)10-5-9(13)4-3-8(10)6-12/h3-5H,2,6-7H2,1H3. The van der Waals surface area contributed by atoms with Gasteiger partial charge in [0.25, 0.3) is 0 Å². The van der Waals surface area contributed by atoms with Crippen LogP contribution in [0.25, 0.3) is 0 Å². The molecule has 96 valence electrons. The second-order valence-electron chi connectivity index (χ2n) is 3.54. The highest BCUT2D eigenvalue weighted by Crippen LogP contribution is 2.29. The molecule has 1 rings (SSSR count). The van der Waals surface area contributed by atoms with E-state index in [0.29, 0.717) is 17.6 Å². The molecule has 0 heterocycles. The summed E-state index contributed by atoms with van der Waals surface area (Å²) in [6.07, 6.45) is -4.19. The molecule has 0 aromatic heterocycles. The molecule has 0 aliphatic heterocycles. The Morgan fingerprint density at radius 1 is 1.29 bits per heavy atom. The Hall–Kier alpha value is -0.230. The van der Waals surface area contributed by atoms with Crippen molar-refractivity contribution < 1.29 is 13.2 Å². The quantitative estimate of drug-likeness (QED) is 0.688. The Morgan fingerprint density at radius 2 is 1.94 bits per heavy atom. The number of hydrogen-bond acceptors (Lipinski definition) is 1. The van der Waals surface area contributed by atoms with Crippen LogP contribution in [0.15, 0.2) is 22.7 Å². The van der Waals surface area contributed by atoms with Gasteiger partial charge in [-0.05, 0) is 24.6 Å². The highest BCUT2D eigenvalue weighted by atomic mass is 79.9. The van der Waals surface area contributed by atoms with Crippen molar-refractivity contribution in [3.05, 3.63) is 28.2 Å². The lowest BCUT2D eigenvalue weighted by Crippen LogP contribution is -2.34. The molecule has 0 saturated carbocycles. The second kappa shape index (κ2) is 6.09. The molecule has 1 aromatic rings. The van der Waals surface area contributed by atoms with E-state index in [1.165, 1.54) is 4.90 Å². The number of halogens is 5. The fourth-order valence-corrected chi connectivity index (χ4v) is 2.35. The zero-order valence-electron chi connectivity index (χ0n) is 9.19. The van der Waals surface area contributed by atoms with Gasteiger partial charge < -0.3 is 4.90 Å². The van der Waals surface area contributed by atoms with Crippen molar-refractivity contribution in [2.75, 3.05) is 18.0 Å². The fourth-order valence-electron chi connectivity index (χ4n) is 1.53. The van der Waals surface area contributed by atoms with Gasteiger partial charge in [-0.1, -0.05) is 37.9 Å². The van der Waals surface area contributed by atoms with Crippen LogP contribution in [0, 0.1) is 0 Å². The molecule has 1 nitrogen and oxygen atoms in total. The van der Waals surface area contributed by atoms with Crippen LogP contribution in [0.1, 0.15) is 12.5 Å². The molecular weight excluding hydrogens is 363 g/mol. The molecule has 0 atom stereocenters. The fraction of sp³-hybridized carbons (Fsp3) is 0.455. The molecule has 17 heavy (non-hydrogen) atoms. The summed E-state index contributed by atoms with van der Waals surface area (Å²) >= 11 is 6.57. The maximum absolute atomic E-state index is 12.4. The van der Waals surface area contributed by atoms with Gasteiger partial charge in [-0.2, -0.15) is 13.2 Å². The first-order valence-electron chi connectivity index (χ1n) is 5.03. The Bertz CT molecular complexity index is 379. The van der Waals surface area contributed by atoms with E-state index in [2.05, 4.69) is 31.9 Å². The van der Waals surface area contributed by atoms with Crippen molar-refractivity contribution in [2.24, 2.45) is 0 Å². The largest absolute Gasteiger partial charge is 0.405 e. The van der Waals surface area contributed by atoms with Crippen molar-refractivity contribution >= 4 is 37.5 Å². The molecule has 1 aromatic carbocycles. The van der Waals surface area contributed by atoms with Crippen molar-refractivity contribution in [3.63, 3.8) is 0 Å². The lowest BCUT2D eigenvalue weighted by Gasteiger charge is -2.26. The van der Waals surface area contributed by atoms with Crippen molar-refractivity contribution in [2.45, 2.75) is 18.4 Å². The maximum atomic E-state index is 12.4. The third-order valence-corrected chi connectivity index (χ3v) is 3.38. The van der Waals surface area contributed by atoms with E-state index in [1.54, 1.807) is 13.0 Å². The summed E-state index contributed by atoms with van der Waals surface area (Å²) < 4.78 is 38.1. The van der Waals surface area contributed by atoms with E-state index >= 15 is 0 Å². The van der Waals surface area contributed by atoms with E-state index in [4.69, 9.17) is 0 Å². The molecule has 0 bridgehead atoms. The molecule has 0 spiro atoms. The highest BCUT2D eigenvalue weighted by Gasteiger charge is 2.30. The van der Waals surface area contributed by atoms with Crippen LogP contribution >= 0.6 is 31.9 Å². The predicted octanol–water partition coefficient (Wildman–Crippen LogP) is 4.73. The van der Waals surface area contributed by atoms with Crippen LogP contribution in [-0.2, 0) is 5.33 Å². The normalized spacial score (nSPS) is 11.6. The van der Waals surface area contributed by atoms with Gasteiger partial charge in [-0.15, -0.1) is 0 Å². The van der Waals surface area contributed by atoms with Gasteiger partial charge in [0.2, 0.25) is 0 Å². The van der Waals surface area contributed by atoms with E-state index in [9.17, 15) is 13.2 Å². The molecule has 6 heteroatoms. The number of benzene rings is 1. The Kier molecular flexibility index (Phi) is 5.31. The van der Waals surface area contributed by atoms with Crippen LogP contribution in [0.2, 0.25) is 0 Å². The third kappa shape index (κ3) is 4.50. The summed E-state index contributed by atoms with van der Waals surface area (Å²) in [4.78, 5) is 1.32. The van der Waals surface area contributed by atoms with Gasteiger partial charge in [0.05, 0.1) is 0 Å². The van der Waals surface area contributed by atoms with Crippen LogP contribution in [-0.4, -0.2) is 19.3 Å². The van der Waals surface area contributed by atoms with Crippen LogP contribution < -0.4 is 4.90 Å². The van der Waals surface area contributed by atoms with Gasteiger partial charge in [0.15, 0.2) is 0 Å². The van der Waals surface area contributed by atoms with Crippen LogP contribution in [0.4, 0.5) is 18.9 Å². The van der Waals surface area contributed by atoms with Crippen molar-refractivity contribution in [1.82, 2.24) is 0 Å². The Labute approximate surface area is 115 Å². The van der Waals surface area contributed by atoms with E-state index in [0.717, 1.165) is 10.0 Å². The monoisotopic (exact) mass is 373 g/mol. The maximum Gasteiger partial charge on any atom is 0.405 e. The molecule has 0 amide bonds. The number of anilines is 1. The topological polar surface area (TPSA) is 3.24 Å². The second-order valence-corrected chi connectivity index (χ2v) is 5.01. The predicted molar refractivity (Wildman–Crippen MR) is 70.7 cm³/mol. The number of hydrogen-bond donors (Lipinski definition) is 0. The van der Waals surface area contributed by atoms with E-state index in [1.807, 2.05) is 12.1 Å². The van der Waals surface area contributed by atoms with E-state index < -0.39 is 12.7 Å². The lowest BCUT2D eigenvalue weighted by atomic mass is 10.2. The molecule has 0 fully saturated rings.